The van der Waals surface area contributed by atoms with E-state index in [1.165, 1.54) is 0 Å². The van der Waals surface area contributed by atoms with E-state index in [0.29, 0.717) is 12.8 Å². The summed E-state index contributed by atoms with van der Waals surface area (Å²) in [5.74, 6) is -1.79. The van der Waals surface area contributed by atoms with Crippen molar-refractivity contribution >= 4 is 32.1 Å². The molecular formula is C31H48N4O8S2. The Balaban J connectivity index is 1.70. The molecule has 2 atom stereocenters. The summed E-state index contributed by atoms with van der Waals surface area (Å²) in [5.41, 5.74) is 12.4. The molecule has 0 spiro atoms. The summed E-state index contributed by atoms with van der Waals surface area (Å²) in [6.07, 6.45) is 0.493. The Kier molecular flexibility index (Phi) is 14.6. The Hall–Kier alpha value is -2.88. The van der Waals surface area contributed by atoms with E-state index in [0.717, 1.165) is 11.1 Å². The molecule has 0 aliphatic heterocycles. The summed E-state index contributed by atoms with van der Waals surface area (Å²) in [4.78, 5) is 24.8. The number of rotatable bonds is 20. The number of carbonyl (C=O) groups excluding carboxylic acids is 2. The molecule has 0 radical (unpaired) electrons. The molecule has 6 N–H and O–H groups in total. The van der Waals surface area contributed by atoms with Crippen molar-refractivity contribution in [2.24, 2.45) is 22.3 Å². The number of benzene rings is 2. The van der Waals surface area contributed by atoms with E-state index in [1.807, 2.05) is 60.7 Å². The number of carbonyl (C=O) groups is 2. The molecule has 2 rings (SSSR count). The van der Waals surface area contributed by atoms with Crippen LogP contribution >= 0.6 is 0 Å². The zero-order chi connectivity index (χ0) is 33.7. The normalized spacial score (nSPS) is 14.0. The van der Waals surface area contributed by atoms with Gasteiger partial charge in [0.15, 0.2) is 0 Å². The number of nitrogens with one attached hydrogen (secondary N) is 2. The van der Waals surface area contributed by atoms with Crippen LogP contribution in [0.5, 0.6) is 0 Å². The van der Waals surface area contributed by atoms with Gasteiger partial charge < -0.3 is 22.1 Å². The first kappa shape index (κ1) is 38.3. The first-order valence-electron chi connectivity index (χ1n) is 14.8. The van der Waals surface area contributed by atoms with Gasteiger partial charge in [0.25, 0.3) is 20.2 Å². The second-order valence-electron chi connectivity index (χ2n) is 12.8. The van der Waals surface area contributed by atoms with Crippen LogP contribution in [0.2, 0.25) is 0 Å². The second-order valence-corrected chi connectivity index (χ2v) is 16.3. The third-order valence-corrected chi connectivity index (χ3v) is 9.33. The minimum atomic E-state index is -4.04. The molecule has 252 valence electrons. The number of hydrogen-bond donors (Lipinski definition) is 4. The van der Waals surface area contributed by atoms with E-state index in [2.05, 4.69) is 10.6 Å². The smallest absolute Gasteiger partial charge is 0.267 e. The Morgan fingerprint density at radius 1 is 0.667 bits per heavy atom. The summed E-state index contributed by atoms with van der Waals surface area (Å²) in [6, 6.07) is 17.2. The molecule has 12 nitrogen and oxygen atoms in total. The van der Waals surface area contributed by atoms with Crippen LogP contribution in [0.15, 0.2) is 60.7 Å². The topological polar surface area (TPSA) is 197 Å². The Morgan fingerprint density at radius 2 is 1.00 bits per heavy atom. The molecule has 14 heteroatoms. The highest BCUT2D eigenvalue weighted by atomic mass is 32.2. The molecular weight excluding hydrogens is 620 g/mol. The van der Waals surface area contributed by atoms with E-state index in [9.17, 15) is 26.4 Å². The monoisotopic (exact) mass is 668 g/mol. The number of hydrogen-bond acceptors (Lipinski definition) is 10. The molecule has 0 saturated carbocycles. The van der Waals surface area contributed by atoms with Gasteiger partial charge >= 0.3 is 0 Å². The maximum Gasteiger partial charge on any atom is 0.267 e. The minimum Gasteiger partial charge on any atom is -0.354 e. The standard InChI is InChI=1S/C31H48N4O8S2/c1-30(2,20-34-28(36)26(32)18-24-12-7-5-8-13-24)22-42-44(38,39)16-11-17-45(40,41)43-23-31(3,4)21-35-29(37)27(33)19-25-14-9-6-10-15-25/h5-10,12-15,26-27H,11,16-23,32-33H2,1-4H3,(H,34,36)(H,35,37). The van der Waals surface area contributed by atoms with Crippen LogP contribution in [0.1, 0.15) is 45.2 Å². The number of nitrogens with two attached hydrogens (primary N) is 2. The molecule has 45 heavy (non-hydrogen) atoms. The van der Waals surface area contributed by atoms with Crippen LogP contribution < -0.4 is 22.1 Å². The lowest BCUT2D eigenvalue weighted by molar-refractivity contribution is -0.123. The zero-order valence-corrected chi connectivity index (χ0v) is 28.2. The van der Waals surface area contributed by atoms with Gasteiger partial charge in [0.1, 0.15) is 0 Å². The van der Waals surface area contributed by atoms with Crippen LogP contribution in [0, 0.1) is 10.8 Å². The lowest BCUT2D eigenvalue weighted by Gasteiger charge is -2.25. The van der Waals surface area contributed by atoms with Crippen LogP contribution in [-0.2, 0) is 51.0 Å². The number of amides is 2. The molecule has 0 aromatic heterocycles. The third-order valence-electron chi connectivity index (χ3n) is 6.80. The van der Waals surface area contributed by atoms with E-state index in [4.69, 9.17) is 19.8 Å². The second kappa shape index (κ2) is 17.2. The van der Waals surface area contributed by atoms with E-state index in [-0.39, 0.29) is 44.5 Å². The van der Waals surface area contributed by atoms with Gasteiger partial charge in [0.05, 0.1) is 36.8 Å². The van der Waals surface area contributed by atoms with Crippen molar-refractivity contribution in [3.05, 3.63) is 71.8 Å². The SMILES string of the molecule is CC(C)(CNC(=O)C(N)Cc1ccccc1)COS(=O)(=O)CCCS(=O)(=O)OCC(C)(C)CNC(=O)C(N)Cc1ccccc1. The van der Waals surface area contributed by atoms with Gasteiger partial charge in [-0.1, -0.05) is 88.4 Å². The summed E-state index contributed by atoms with van der Waals surface area (Å²) >= 11 is 0. The first-order chi connectivity index (χ1) is 20.9. The predicted molar refractivity (Wildman–Crippen MR) is 174 cm³/mol. The molecule has 2 aromatic carbocycles. The summed E-state index contributed by atoms with van der Waals surface area (Å²) in [6.45, 7) is 6.72. The Morgan fingerprint density at radius 3 is 1.33 bits per heavy atom. The van der Waals surface area contributed by atoms with Crippen molar-refractivity contribution in [2.75, 3.05) is 37.8 Å². The first-order valence-corrected chi connectivity index (χ1v) is 17.9. The van der Waals surface area contributed by atoms with E-state index in [1.54, 1.807) is 27.7 Å². The van der Waals surface area contributed by atoms with Crippen LogP contribution in [0.25, 0.3) is 0 Å². The van der Waals surface area contributed by atoms with Gasteiger partial charge in [-0.2, -0.15) is 16.8 Å². The molecule has 2 aromatic rings. The average molecular weight is 669 g/mol. The lowest BCUT2D eigenvalue weighted by Crippen LogP contribution is -2.46. The minimum absolute atomic E-state index is 0.126. The maximum atomic E-state index is 12.4. The fraction of sp³-hybridized carbons (Fsp3) is 0.548. The third kappa shape index (κ3) is 15.8. The molecule has 2 amide bonds. The molecule has 2 unspecified atom stereocenters. The average Bonchev–Trinajstić information content (AvgIpc) is 2.98. The van der Waals surface area contributed by atoms with Crippen molar-refractivity contribution in [2.45, 2.75) is 59.0 Å². The van der Waals surface area contributed by atoms with Gasteiger partial charge in [0, 0.05) is 23.9 Å². The van der Waals surface area contributed by atoms with Gasteiger partial charge in [-0.25, -0.2) is 0 Å². The quantitative estimate of drug-likeness (QED) is 0.150. The van der Waals surface area contributed by atoms with E-state index >= 15 is 0 Å². The fourth-order valence-corrected chi connectivity index (χ4v) is 6.38. The lowest BCUT2D eigenvalue weighted by atomic mass is 9.94. The van der Waals surface area contributed by atoms with Crippen LogP contribution in [0.4, 0.5) is 0 Å². The zero-order valence-electron chi connectivity index (χ0n) is 26.5. The van der Waals surface area contributed by atoms with Gasteiger partial charge in [-0.05, 0) is 30.4 Å². The van der Waals surface area contributed by atoms with Crippen molar-refractivity contribution < 1.29 is 34.8 Å². The van der Waals surface area contributed by atoms with Crippen molar-refractivity contribution in [3.63, 3.8) is 0 Å². The highest BCUT2D eigenvalue weighted by Gasteiger charge is 2.27. The van der Waals surface area contributed by atoms with Crippen molar-refractivity contribution in [1.82, 2.24) is 10.6 Å². The molecule has 0 heterocycles. The van der Waals surface area contributed by atoms with E-state index < -0.39 is 54.7 Å². The highest BCUT2D eigenvalue weighted by Crippen LogP contribution is 2.18. The molecule has 0 fully saturated rings. The summed E-state index contributed by atoms with van der Waals surface area (Å²) in [5, 5.41) is 5.47. The largest absolute Gasteiger partial charge is 0.354 e. The van der Waals surface area contributed by atoms with Crippen LogP contribution in [-0.4, -0.2) is 78.5 Å². The maximum absolute atomic E-state index is 12.4. The highest BCUT2D eigenvalue weighted by molar-refractivity contribution is 7.87. The fourth-order valence-electron chi connectivity index (χ4n) is 3.97. The Labute approximate surface area is 267 Å². The van der Waals surface area contributed by atoms with Gasteiger partial charge in [-0.3, -0.25) is 18.0 Å². The molecule has 0 saturated heterocycles. The van der Waals surface area contributed by atoms with Crippen LogP contribution in [0.3, 0.4) is 0 Å². The predicted octanol–water partition coefficient (Wildman–Crippen LogP) is 1.49. The van der Waals surface area contributed by atoms with Gasteiger partial charge in [0.2, 0.25) is 11.8 Å². The van der Waals surface area contributed by atoms with Gasteiger partial charge in [-0.15, -0.1) is 0 Å². The van der Waals surface area contributed by atoms with Crippen molar-refractivity contribution in [3.8, 4) is 0 Å². The Bertz CT molecular complexity index is 1320. The molecule has 0 aliphatic rings. The summed E-state index contributed by atoms with van der Waals surface area (Å²) < 4.78 is 60.0. The van der Waals surface area contributed by atoms with Crippen molar-refractivity contribution in [1.29, 1.82) is 0 Å². The molecule has 0 aliphatic carbocycles. The molecule has 0 bridgehead atoms. The summed E-state index contributed by atoms with van der Waals surface area (Å²) in [7, 11) is -8.08.